The maximum atomic E-state index is 12.0. The summed E-state index contributed by atoms with van der Waals surface area (Å²) in [4.78, 5) is 14.5. The predicted octanol–water partition coefficient (Wildman–Crippen LogP) is 2.83. The molecule has 0 aliphatic carbocycles. The highest BCUT2D eigenvalue weighted by molar-refractivity contribution is 7.11. The second-order valence-electron chi connectivity index (χ2n) is 4.79. The van der Waals surface area contributed by atoms with Crippen LogP contribution in [0.2, 0.25) is 0 Å². The lowest BCUT2D eigenvalue weighted by Gasteiger charge is -2.13. The van der Waals surface area contributed by atoms with Crippen molar-refractivity contribution in [1.29, 1.82) is 0 Å². The first-order valence-electron chi connectivity index (χ1n) is 6.34. The van der Waals surface area contributed by atoms with E-state index in [4.69, 9.17) is 0 Å². The standard InChI is InChI=1S/C15H17NO3S/c1-9(7-12-5-3-10(2)20-12)16-15(19)11-4-6-13(17)14(18)8-11/h3-6,8-9,17-18H,7H2,1-2H3,(H,16,19). The molecule has 0 aliphatic heterocycles. The Labute approximate surface area is 121 Å². The molecule has 3 N–H and O–H groups in total. The summed E-state index contributed by atoms with van der Waals surface area (Å²) in [5.41, 5.74) is 0.328. The Bertz CT molecular complexity index is 621. The lowest BCUT2D eigenvalue weighted by molar-refractivity contribution is 0.0940. The van der Waals surface area contributed by atoms with E-state index in [-0.39, 0.29) is 23.4 Å². The predicted molar refractivity (Wildman–Crippen MR) is 79.5 cm³/mol. The van der Waals surface area contributed by atoms with Crippen molar-refractivity contribution in [1.82, 2.24) is 5.32 Å². The SMILES string of the molecule is Cc1ccc(CC(C)NC(=O)c2ccc(O)c(O)c2)s1. The summed E-state index contributed by atoms with van der Waals surface area (Å²) in [6.07, 6.45) is 0.772. The van der Waals surface area contributed by atoms with Crippen molar-refractivity contribution in [2.75, 3.05) is 0 Å². The number of carbonyl (C=O) groups is 1. The molecular weight excluding hydrogens is 274 g/mol. The molecule has 2 aromatic rings. The summed E-state index contributed by atoms with van der Waals surface area (Å²) in [6.45, 7) is 3.99. The van der Waals surface area contributed by atoms with Gasteiger partial charge in [0.15, 0.2) is 11.5 Å². The number of phenols is 2. The van der Waals surface area contributed by atoms with E-state index >= 15 is 0 Å². The number of aryl methyl sites for hydroxylation is 1. The van der Waals surface area contributed by atoms with Gasteiger partial charge in [0, 0.05) is 27.8 Å². The van der Waals surface area contributed by atoms with Gasteiger partial charge in [-0.1, -0.05) is 0 Å². The highest BCUT2D eigenvalue weighted by Crippen LogP contribution is 2.25. The van der Waals surface area contributed by atoms with Gasteiger partial charge in [-0.05, 0) is 44.2 Å². The first-order valence-corrected chi connectivity index (χ1v) is 7.15. The van der Waals surface area contributed by atoms with E-state index in [0.29, 0.717) is 5.56 Å². The Morgan fingerprint density at radius 2 is 2.00 bits per heavy atom. The topological polar surface area (TPSA) is 69.6 Å². The molecule has 5 heteroatoms. The minimum absolute atomic E-state index is 0.00324. The number of nitrogens with one attached hydrogen (secondary N) is 1. The van der Waals surface area contributed by atoms with Gasteiger partial charge in [0.05, 0.1) is 0 Å². The molecule has 1 unspecified atom stereocenters. The second kappa shape index (κ2) is 5.96. The van der Waals surface area contributed by atoms with Gasteiger partial charge in [-0.15, -0.1) is 11.3 Å². The summed E-state index contributed by atoms with van der Waals surface area (Å²) in [6, 6.07) is 8.16. The maximum absolute atomic E-state index is 12.0. The fourth-order valence-corrected chi connectivity index (χ4v) is 2.94. The van der Waals surface area contributed by atoms with E-state index in [0.717, 1.165) is 6.42 Å². The smallest absolute Gasteiger partial charge is 0.251 e. The summed E-state index contributed by atoms with van der Waals surface area (Å²) < 4.78 is 0. The molecular formula is C15H17NO3S. The number of phenolic OH excluding ortho intramolecular Hbond substituents is 2. The van der Waals surface area contributed by atoms with Crippen LogP contribution in [0.4, 0.5) is 0 Å². The molecule has 106 valence electrons. The first-order chi connectivity index (χ1) is 9.45. The summed E-state index contributed by atoms with van der Waals surface area (Å²) in [5.74, 6) is -0.788. The number of hydrogen-bond donors (Lipinski definition) is 3. The fraction of sp³-hybridized carbons (Fsp3) is 0.267. The number of hydrogen-bond acceptors (Lipinski definition) is 4. The first kappa shape index (κ1) is 14.4. The number of amides is 1. The Kier molecular flexibility index (Phi) is 4.29. The monoisotopic (exact) mass is 291 g/mol. The van der Waals surface area contributed by atoms with Crippen molar-refractivity contribution in [3.63, 3.8) is 0 Å². The molecule has 20 heavy (non-hydrogen) atoms. The average molecular weight is 291 g/mol. The van der Waals surface area contributed by atoms with E-state index < -0.39 is 0 Å². The molecule has 0 radical (unpaired) electrons. The molecule has 1 aromatic heterocycles. The van der Waals surface area contributed by atoms with Gasteiger partial charge < -0.3 is 15.5 Å². The van der Waals surface area contributed by atoms with Gasteiger partial charge in [-0.2, -0.15) is 0 Å². The Balaban J connectivity index is 1.98. The van der Waals surface area contributed by atoms with Crippen LogP contribution in [0.5, 0.6) is 11.5 Å². The molecule has 0 bridgehead atoms. The van der Waals surface area contributed by atoms with Crippen molar-refractivity contribution in [3.05, 3.63) is 45.6 Å². The third kappa shape index (κ3) is 3.51. The zero-order valence-corrected chi connectivity index (χ0v) is 12.2. The number of thiophene rings is 1. The molecule has 0 saturated heterocycles. The third-order valence-electron chi connectivity index (χ3n) is 2.92. The van der Waals surface area contributed by atoms with Crippen molar-refractivity contribution in [2.24, 2.45) is 0 Å². The number of aromatic hydroxyl groups is 2. The van der Waals surface area contributed by atoms with Crippen LogP contribution in [0.15, 0.2) is 30.3 Å². The van der Waals surface area contributed by atoms with Crippen LogP contribution in [0, 0.1) is 6.92 Å². The minimum atomic E-state index is -0.292. The lowest BCUT2D eigenvalue weighted by Crippen LogP contribution is -2.33. The largest absolute Gasteiger partial charge is 0.504 e. The van der Waals surface area contributed by atoms with E-state index in [2.05, 4.69) is 24.4 Å². The molecule has 2 rings (SSSR count). The van der Waals surface area contributed by atoms with Crippen LogP contribution < -0.4 is 5.32 Å². The van der Waals surface area contributed by atoms with E-state index in [9.17, 15) is 15.0 Å². The highest BCUT2D eigenvalue weighted by Gasteiger charge is 2.12. The van der Waals surface area contributed by atoms with Crippen LogP contribution >= 0.6 is 11.3 Å². The van der Waals surface area contributed by atoms with Crippen molar-refractivity contribution >= 4 is 17.2 Å². The molecule has 0 spiro atoms. The summed E-state index contributed by atoms with van der Waals surface area (Å²) >= 11 is 1.72. The molecule has 1 amide bonds. The average Bonchev–Trinajstić information content (AvgIpc) is 2.77. The highest BCUT2D eigenvalue weighted by atomic mass is 32.1. The maximum Gasteiger partial charge on any atom is 0.251 e. The normalized spacial score (nSPS) is 12.1. The van der Waals surface area contributed by atoms with Crippen LogP contribution in [-0.2, 0) is 6.42 Å². The van der Waals surface area contributed by atoms with Crippen molar-refractivity contribution in [2.45, 2.75) is 26.3 Å². The summed E-state index contributed by atoms with van der Waals surface area (Å²) in [7, 11) is 0. The van der Waals surface area contributed by atoms with Crippen LogP contribution in [0.3, 0.4) is 0 Å². The van der Waals surface area contributed by atoms with Crippen LogP contribution in [0.1, 0.15) is 27.0 Å². The Hall–Kier alpha value is -2.01. The van der Waals surface area contributed by atoms with Crippen molar-refractivity contribution in [3.8, 4) is 11.5 Å². The van der Waals surface area contributed by atoms with Gasteiger partial charge in [0.1, 0.15) is 0 Å². The van der Waals surface area contributed by atoms with E-state index in [1.54, 1.807) is 11.3 Å². The molecule has 4 nitrogen and oxygen atoms in total. The van der Waals surface area contributed by atoms with Gasteiger partial charge in [-0.25, -0.2) is 0 Å². The van der Waals surface area contributed by atoms with Crippen LogP contribution in [0.25, 0.3) is 0 Å². The molecule has 0 saturated carbocycles. The van der Waals surface area contributed by atoms with Gasteiger partial charge in [-0.3, -0.25) is 4.79 Å². The molecule has 1 atom stereocenters. The Morgan fingerprint density at radius 3 is 2.60 bits per heavy atom. The lowest BCUT2D eigenvalue weighted by atomic mass is 10.1. The molecule has 1 heterocycles. The zero-order valence-electron chi connectivity index (χ0n) is 11.4. The van der Waals surface area contributed by atoms with E-state index in [1.165, 1.54) is 28.0 Å². The van der Waals surface area contributed by atoms with E-state index in [1.807, 2.05) is 6.92 Å². The van der Waals surface area contributed by atoms with Gasteiger partial charge in [0.25, 0.3) is 5.91 Å². The zero-order chi connectivity index (χ0) is 14.7. The number of carbonyl (C=O) groups excluding carboxylic acids is 1. The fourth-order valence-electron chi connectivity index (χ4n) is 1.92. The van der Waals surface area contributed by atoms with Crippen molar-refractivity contribution < 1.29 is 15.0 Å². The third-order valence-corrected chi connectivity index (χ3v) is 3.94. The summed E-state index contributed by atoms with van der Waals surface area (Å²) in [5, 5.41) is 21.5. The van der Waals surface area contributed by atoms with Gasteiger partial charge in [0.2, 0.25) is 0 Å². The minimum Gasteiger partial charge on any atom is -0.504 e. The molecule has 0 fully saturated rings. The molecule has 1 aromatic carbocycles. The quantitative estimate of drug-likeness (QED) is 0.759. The van der Waals surface area contributed by atoms with Crippen LogP contribution in [-0.4, -0.2) is 22.2 Å². The van der Waals surface area contributed by atoms with Gasteiger partial charge >= 0.3 is 0 Å². The second-order valence-corrected chi connectivity index (χ2v) is 6.17. The molecule has 0 aliphatic rings. The number of rotatable bonds is 4. The number of benzene rings is 1. The Morgan fingerprint density at radius 1 is 1.25 bits per heavy atom.